The first kappa shape index (κ1) is 21.6. The minimum absolute atomic E-state index is 0.597. The van der Waals surface area contributed by atoms with Crippen molar-refractivity contribution >= 4 is 11.8 Å². The van der Waals surface area contributed by atoms with E-state index in [-0.39, 0.29) is 0 Å². The maximum atomic E-state index is 4.61. The number of anilines is 1. The van der Waals surface area contributed by atoms with Crippen LogP contribution in [0, 0.1) is 5.92 Å². The molecule has 4 rings (SSSR count). The van der Waals surface area contributed by atoms with Gasteiger partial charge in [-0.2, -0.15) is 0 Å². The summed E-state index contributed by atoms with van der Waals surface area (Å²) >= 11 is 0. The number of hydrogen-bond donors (Lipinski definition) is 1. The van der Waals surface area contributed by atoms with Gasteiger partial charge in [-0.25, -0.2) is 4.98 Å². The van der Waals surface area contributed by atoms with Gasteiger partial charge in [-0.15, -0.1) is 0 Å². The van der Waals surface area contributed by atoms with E-state index in [0.717, 1.165) is 64.0 Å². The number of guanidine groups is 1. The first-order chi connectivity index (χ1) is 15.1. The smallest absolute Gasteiger partial charge is 0.193 e. The van der Waals surface area contributed by atoms with Crippen molar-refractivity contribution in [2.45, 2.75) is 25.8 Å². The second-order valence-corrected chi connectivity index (χ2v) is 8.94. The van der Waals surface area contributed by atoms with Gasteiger partial charge in [-0.3, -0.25) is 4.99 Å². The van der Waals surface area contributed by atoms with Gasteiger partial charge in [-0.1, -0.05) is 37.3 Å². The van der Waals surface area contributed by atoms with Crippen molar-refractivity contribution in [2.24, 2.45) is 10.9 Å². The number of piperazine rings is 1. The number of aliphatic imine (C=N–C) groups is 1. The Hall–Kier alpha value is -2.60. The Labute approximate surface area is 187 Å². The molecule has 2 fully saturated rings. The highest BCUT2D eigenvalue weighted by Gasteiger charge is 2.28. The molecule has 0 saturated carbocycles. The number of hydrogen-bond acceptors (Lipinski definition) is 4. The molecule has 166 valence electrons. The molecule has 1 aromatic heterocycles. The van der Waals surface area contributed by atoms with Crippen LogP contribution in [0.2, 0.25) is 0 Å². The highest BCUT2D eigenvalue weighted by molar-refractivity contribution is 5.80. The van der Waals surface area contributed by atoms with Gasteiger partial charge >= 0.3 is 0 Å². The standard InChI is InChI=1S/C25H36N6/c1-20-19-31(12-10-23(20)22-7-5-4-6-8-22)25(26-2)28-18-21-9-11-27-24(17-21)30-15-13-29(3)14-16-30/h4-9,11,17,20,23H,10,12-16,18-19H2,1-3H3,(H,26,28). The highest BCUT2D eigenvalue weighted by atomic mass is 15.3. The zero-order chi connectivity index (χ0) is 21.6. The Morgan fingerprint density at radius 1 is 1.10 bits per heavy atom. The molecule has 2 unspecified atom stereocenters. The number of pyridine rings is 1. The lowest BCUT2D eigenvalue weighted by Gasteiger charge is -2.39. The van der Waals surface area contributed by atoms with Crippen LogP contribution in [-0.4, -0.2) is 74.1 Å². The molecule has 3 heterocycles. The molecule has 2 aliphatic heterocycles. The maximum Gasteiger partial charge on any atom is 0.193 e. The van der Waals surface area contributed by atoms with E-state index in [1.807, 2.05) is 13.2 Å². The molecule has 1 aromatic carbocycles. The van der Waals surface area contributed by atoms with E-state index in [4.69, 9.17) is 0 Å². The second kappa shape index (κ2) is 10.1. The fourth-order valence-electron chi connectivity index (χ4n) is 4.83. The highest BCUT2D eigenvalue weighted by Crippen LogP contribution is 2.32. The van der Waals surface area contributed by atoms with Gasteiger partial charge in [-0.05, 0) is 48.6 Å². The predicted octanol–water partition coefficient (Wildman–Crippen LogP) is 3.03. The Bertz CT molecular complexity index is 859. The third kappa shape index (κ3) is 5.37. The van der Waals surface area contributed by atoms with E-state index >= 15 is 0 Å². The summed E-state index contributed by atoms with van der Waals surface area (Å²) in [5.41, 5.74) is 2.71. The summed E-state index contributed by atoms with van der Waals surface area (Å²) in [6, 6.07) is 15.3. The lowest BCUT2D eigenvalue weighted by atomic mass is 9.82. The number of rotatable bonds is 4. The van der Waals surface area contributed by atoms with E-state index < -0.39 is 0 Å². The number of piperidine rings is 1. The van der Waals surface area contributed by atoms with Gasteiger partial charge in [0.05, 0.1) is 0 Å². The van der Waals surface area contributed by atoms with Crippen LogP contribution in [0.5, 0.6) is 0 Å². The SMILES string of the molecule is CN=C(NCc1ccnc(N2CCN(C)CC2)c1)N1CCC(c2ccccc2)C(C)C1. The minimum atomic E-state index is 0.597. The van der Waals surface area contributed by atoms with Crippen LogP contribution < -0.4 is 10.2 Å². The Morgan fingerprint density at radius 2 is 1.87 bits per heavy atom. The summed E-state index contributed by atoms with van der Waals surface area (Å²) in [5.74, 6) is 3.30. The van der Waals surface area contributed by atoms with Crippen molar-refractivity contribution in [1.82, 2.24) is 20.1 Å². The number of nitrogens with one attached hydrogen (secondary N) is 1. The third-order valence-electron chi connectivity index (χ3n) is 6.73. The fourth-order valence-corrected chi connectivity index (χ4v) is 4.83. The summed E-state index contributed by atoms with van der Waals surface area (Å²) in [4.78, 5) is 16.4. The first-order valence-electron chi connectivity index (χ1n) is 11.5. The normalized spacial score (nSPS) is 23.1. The second-order valence-electron chi connectivity index (χ2n) is 8.94. The quantitative estimate of drug-likeness (QED) is 0.609. The monoisotopic (exact) mass is 420 g/mol. The molecule has 2 saturated heterocycles. The predicted molar refractivity (Wildman–Crippen MR) is 129 cm³/mol. The largest absolute Gasteiger partial charge is 0.354 e. The maximum absolute atomic E-state index is 4.61. The molecule has 6 heteroatoms. The molecule has 0 bridgehead atoms. The van der Waals surface area contributed by atoms with Crippen molar-refractivity contribution in [2.75, 3.05) is 58.3 Å². The van der Waals surface area contributed by atoms with Crippen LogP contribution >= 0.6 is 0 Å². The molecule has 2 aliphatic rings. The minimum Gasteiger partial charge on any atom is -0.354 e. The number of nitrogens with zero attached hydrogens (tertiary/aromatic N) is 5. The lowest BCUT2D eigenvalue weighted by Crippen LogP contribution is -2.47. The molecule has 2 atom stereocenters. The van der Waals surface area contributed by atoms with E-state index in [1.54, 1.807) is 0 Å². The van der Waals surface area contributed by atoms with E-state index in [0.29, 0.717) is 11.8 Å². The zero-order valence-electron chi connectivity index (χ0n) is 19.2. The van der Waals surface area contributed by atoms with Crippen LogP contribution in [-0.2, 0) is 6.54 Å². The van der Waals surface area contributed by atoms with Gasteiger partial charge in [0.1, 0.15) is 5.82 Å². The van der Waals surface area contributed by atoms with Crippen LogP contribution in [0.15, 0.2) is 53.7 Å². The molecule has 0 amide bonds. The van der Waals surface area contributed by atoms with Crippen LogP contribution in [0.25, 0.3) is 0 Å². The molecule has 6 nitrogen and oxygen atoms in total. The molecule has 31 heavy (non-hydrogen) atoms. The molecule has 1 N–H and O–H groups in total. The van der Waals surface area contributed by atoms with Crippen molar-refractivity contribution in [3.05, 3.63) is 59.8 Å². The first-order valence-corrected chi connectivity index (χ1v) is 11.5. The zero-order valence-corrected chi connectivity index (χ0v) is 19.2. The van der Waals surface area contributed by atoms with Gasteiger partial charge in [0, 0.05) is 59.1 Å². The van der Waals surface area contributed by atoms with E-state index in [9.17, 15) is 0 Å². The topological polar surface area (TPSA) is 47.0 Å². The van der Waals surface area contributed by atoms with Gasteiger partial charge in [0.25, 0.3) is 0 Å². The summed E-state index contributed by atoms with van der Waals surface area (Å²) in [6.07, 6.45) is 3.09. The lowest BCUT2D eigenvalue weighted by molar-refractivity contribution is 0.234. The van der Waals surface area contributed by atoms with Crippen molar-refractivity contribution < 1.29 is 0 Å². The Morgan fingerprint density at radius 3 is 2.58 bits per heavy atom. The number of benzene rings is 1. The van der Waals surface area contributed by atoms with Crippen molar-refractivity contribution in [3.63, 3.8) is 0 Å². The summed E-state index contributed by atoms with van der Waals surface area (Å²) in [5, 5.41) is 3.59. The third-order valence-corrected chi connectivity index (χ3v) is 6.73. The molecular weight excluding hydrogens is 384 g/mol. The Balaban J connectivity index is 1.33. The van der Waals surface area contributed by atoms with Gasteiger partial charge in [0.15, 0.2) is 5.96 Å². The van der Waals surface area contributed by atoms with Gasteiger partial charge in [0.2, 0.25) is 0 Å². The number of aromatic nitrogens is 1. The average molecular weight is 421 g/mol. The Kier molecular flexibility index (Phi) is 7.07. The number of likely N-dealkylation sites (N-methyl/N-ethyl adjacent to an activating group) is 1. The molecule has 0 spiro atoms. The van der Waals surface area contributed by atoms with E-state index in [1.165, 1.54) is 11.1 Å². The summed E-state index contributed by atoms with van der Waals surface area (Å²) in [6.45, 7) is 9.45. The van der Waals surface area contributed by atoms with E-state index in [2.05, 4.69) is 86.4 Å². The van der Waals surface area contributed by atoms with Crippen molar-refractivity contribution in [3.8, 4) is 0 Å². The van der Waals surface area contributed by atoms with Crippen LogP contribution in [0.3, 0.4) is 0 Å². The van der Waals surface area contributed by atoms with Crippen LogP contribution in [0.4, 0.5) is 5.82 Å². The van der Waals surface area contributed by atoms with Crippen molar-refractivity contribution in [1.29, 1.82) is 0 Å². The summed E-state index contributed by atoms with van der Waals surface area (Å²) in [7, 11) is 4.07. The number of likely N-dealkylation sites (tertiary alicyclic amines) is 1. The van der Waals surface area contributed by atoms with Crippen LogP contribution in [0.1, 0.15) is 30.4 Å². The van der Waals surface area contributed by atoms with Gasteiger partial charge < -0.3 is 20.0 Å². The fraction of sp³-hybridized carbons (Fsp3) is 0.520. The summed E-state index contributed by atoms with van der Waals surface area (Å²) < 4.78 is 0. The molecule has 0 aliphatic carbocycles. The molecular formula is C25H36N6. The average Bonchev–Trinajstić information content (AvgIpc) is 2.81. The molecule has 2 aromatic rings. The molecule has 0 radical (unpaired) electrons.